The highest BCUT2D eigenvalue weighted by molar-refractivity contribution is 6.35. The zero-order valence-corrected chi connectivity index (χ0v) is 30.9. The summed E-state index contributed by atoms with van der Waals surface area (Å²) in [7, 11) is 0. The van der Waals surface area contributed by atoms with Crippen molar-refractivity contribution in [2.45, 2.75) is 91.5 Å². The van der Waals surface area contributed by atoms with E-state index >= 15 is 0 Å². The number of carbonyl (C=O) groups excluding carboxylic acids is 2. The van der Waals surface area contributed by atoms with Gasteiger partial charge in [-0.15, -0.1) is 0 Å². The molecule has 10 nitrogen and oxygen atoms in total. The summed E-state index contributed by atoms with van der Waals surface area (Å²) in [5.74, 6) is -2.09. The van der Waals surface area contributed by atoms with Crippen LogP contribution in [0, 0.1) is 18.6 Å². The number of piperidine rings is 1. The largest absolute Gasteiger partial charge is 0.444 e. The quantitative estimate of drug-likeness (QED) is 0.193. The summed E-state index contributed by atoms with van der Waals surface area (Å²) >= 11 is 7.00. The van der Waals surface area contributed by atoms with E-state index in [0.29, 0.717) is 53.2 Å². The fourth-order valence-corrected chi connectivity index (χ4v) is 6.69. The van der Waals surface area contributed by atoms with Gasteiger partial charge in [0.2, 0.25) is 0 Å². The van der Waals surface area contributed by atoms with E-state index in [1.807, 2.05) is 69.6 Å². The normalized spacial score (nSPS) is 15.0. The number of imidazole rings is 1. The number of halogens is 3. The Kier molecular flexibility index (Phi) is 9.51. The molecule has 6 rings (SSSR count). The third-order valence-electron chi connectivity index (χ3n) is 8.79. The van der Waals surface area contributed by atoms with Crippen LogP contribution in [0.4, 0.5) is 24.1 Å². The minimum absolute atomic E-state index is 0.0520. The number of benzene rings is 2. The zero-order chi connectivity index (χ0) is 37.0. The topological polar surface area (TPSA) is 104 Å². The van der Waals surface area contributed by atoms with Crippen molar-refractivity contribution < 1.29 is 27.8 Å². The van der Waals surface area contributed by atoms with Crippen LogP contribution >= 0.6 is 11.6 Å². The molecule has 1 saturated heterocycles. The highest BCUT2D eigenvalue weighted by Crippen LogP contribution is 2.43. The molecule has 4 heterocycles. The monoisotopic (exact) mass is 720 g/mol. The summed E-state index contributed by atoms with van der Waals surface area (Å²) < 4.78 is 43.7. The molecule has 270 valence electrons. The molecule has 1 aliphatic heterocycles. The van der Waals surface area contributed by atoms with Crippen LogP contribution in [0.15, 0.2) is 48.8 Å². The Balaban J connectivity index is 1.53. The van der Waals surface area contributed by atoms with Gasteiger partial charge in [-0.25, -0.2) is 32.9 Å². The highest BCUT2D eigenvalue weighted by atomic mass is 35.5. The van der Waals surface area contributed by atoms with Crippen molar-refractivity contribution in [3.63, 3.8) is 0 Å². The van der Waals surface area contributed by atoms with Gasteiger partial charge in [0.05, 0.1) is 39.4 Å². The van der Waals surface area contributed by atoms with E-state index in [0.717, 1.165) is 23.3 Å². The van der Waals surface area contributed by atoms with E-state index in [9.17, 15) is 18.4 Å². The second-order valence-corrected chi connectivity index (χ2v) is 15.5. The van der Waals surface area contributed by atoms with E-state index in [1.54, 1.807) is 27.0 Å². The maximum atomic E-state index is 14.7. The molecule has 1 atom stereocenters. The molecule has 0 spiro atoms. The maximum Gasteiger partial charge on any atom is 0.420 e. The van der Waals surface area contributed by atoms with Gasteiger partial charge in [-0.2, -0.15) is 0 Å². The first-order valence-electron chi connectivity index (χ1n) is 17.0. The number of aromatic nitrogens is 4. The lowest BCUT2D eigenvalue weighted by atomic mass is 10.0. The van der Waals surface area contributed by atoms with Crippen LogP contribution in [0.3, 0.4) is 0 Å². The molecule has 1 amide bonds. The van der Waals surface area contributed by atoms with E-state index in [1.165, 1.54) is 4.57 Å². The standard InChI is InChI=1S/C38H43ClF2N6O4/c1-21-9-11-23(12-10-21)22(2)46-20-25(33-44-29-17-27(40)28(41)18-30(29)47(33)36(49)51-38(6,7)8)31-32(26(39)19-42-34(31)46)45-15-13-24(14-16-45)43-35(48)50-37(3,4)5/h9-12,17-20,22,24H,13-16H2,1-8H3,(H,43,48). The molecule has 0 bridgehead atoms. The molecule has 0 radical (unpaired) electrons. The SMILES string of the molecule is Cc1ccc(C(C)n2cc(-c3nc4cc(F)c(F)cc4n3C(=O)OC(C)(C)C)c3c(N4CCC(NC(=O)OC(C)(C)C)CC4)c(Cl)cnc32)cc1. The molecule has 2 aromatic carbocycles. The Morgan fingerprint density at radius 2 is 1.61 bits per heavy atom. The Labute approximate surface area is 300 Å². The number of amides is 1. The molecule has 13 heteroatoms. The maximum absolute atomic E-state index is 14.7. The fraction of sp³-hybridized carbons (Fsp3) is 0.421. The predicted molar refractivity (Wildman–Crippen MR) is 195 cm³/mol. The van der Waals surface area contributed by atoms with Crippen LogP contribution in [0.1, 0.15) is 78.5 Å². The second-order valence-electron chi connectivity index (χ2n) is 15.1. The van der Waals surface area contributed by atoms with Gasteiger partial charge < -0.3 is 24.3 Å². The lowest BCUT2D eigenvalue weighted by molar-refractivity contribution is 0.0494. The molecule has 5 aromatic rings. The lowest BCUT2D eigenvalue weighted by Gasteiger charge is -2.35. The third kappa shape index (κ3) is 7.51. The number of hydrogen-bond acceptors (Lipinski definition) is 7. The Morgan fingerprint density at radius 3 is 2.24 bits per heavy atom. The summed E-state index contributed by atoms with van der Waals surface area (Å²) in [5, 5.41) is 3.96. The molecular formula is C38H43ClF2N6O4. The number of rotatable bonds is 5. The highest BCUT2D eigenvalue weighted by Gasteiger charge is 2.32. The lowest BCUT2D eigenvalue weighted by Crippen LogP contribution is -2.46. The van der Waals surface area contributed by atoms with E-state index in [-0.39, 0.29) is 28.9 Å². The van der Waals surface area contributed by atoms with Gasteiger partial charge in [0.1, 0.15) is 16.8 Å². The van der Waals surface area contributed by atoms with Crippen molar-refractivity contribution in [3.8, 4) is 11.4 Å². The second kappa shape index (κ2) is 13.4. The Bertz CT molecular complexity index is 2120. The van der Waals surface area contributed by atoms with Crippen molar-refractivity contribution in [1.29, 1.82) is 0 Å². The number of fused-ring (bicyclic) bond motifs is 2. The average molecular weight is 721 g/mol. The molecule has 0 saturated carbocycles. The van der Waals surface area contributed by atoms with Crippen molar-refractivity contribution in [3.05, 3.63) is 76.6 Å². The summed E-state index contributed by atoms with van der Waals surface area (Å²) in [4.78, 5) is 38.1. The van der Waals surface area contributed by atoms with Crippen LogP contribution in [0.5, 0.6) is 0 Å². The van der Waals surface area contributed by atoms with Crippen LogP contribution < -0.4 is 10.2 Å². The smallest absolute Gasteiger partial charge is 0.420 e. The summed E-state index contributed by atoms with van der Waals surface area (Å²) in [6.07, 6.45) is 3.42. The summed E-state index contributed by atoms with van der Waals surface area (Å²) in [6, 6.07) is 9.76. The van der Waals surface area contributed by atoms with Gasteiger partial charge in [0.15, 0.2) is 17.5 Å². The average Bonchev–Trinajstić information content (AvgIpc) is 3.58. The molecule has 1 fully saturated rings. The molecule has 0 aliphatic carbocycles. The number of aryl methyl sites for hydroxylation is 1. The van der Waals surface area contributed by atoms with E-state index < -0.39 is 35.0 Å². The van der Waals surface area contributed by atoms with Crippen molar-refractivity contribution >= 4 is 51.5 Å². The van der Waals surface area contributed by atoms with Crippen molar-refractivity contribution in [2.75, 3.05) is 18.0 Å². The number of alkyl carbamates (subject to hydrolysis) is 1. The third-order valence-corrected chi connectivity index (χ3v) is 9.07. The molecular weight excluding hydrogens is 678 g/mol. The summed E-state index contributed by atoms with van der Waals surface area (Å²) in [6.45, 7) is 15.8. The Hall–Kier alpha value is -4.71. The van der Waals surface area contributed by atoms with Crippen LogP contribution in [0.2, 0.25) is 5.02 Å². The minimum atomic E-state index is -1.12. The van der Waals surface area contributed by atoms with Crippen LogP contribution in [0.25, 0.3) is 33.5 Å². The molecule has 3 aromatic heterocycles. The first-order valence-corrected chi connectivity index (χ1v) is 17.4. The van der Waals surface area contributed by atoms with Crippen LogP contribution in [-0.4, -0.2) is 61.6 Å². The van der Waals surface area contributed by atoms with Gasteiger partial charge in [-0.1, -0.05) is 41.4 Å². The first-order chi connectivity index (χ1) is 23.9. The molecule has 1 unspecified atom stereocenters. The van der Waals surface area contributed by atoms with Gasteiger partial charge in [0.25, 0.3) is 0 Å². The van der Waals surface area contributed by atoms with Gasteiger partial charge in [-0.05, 0) is 73.8 Å². The first kappa shape index (κ1) is 36.1. The number of pyridine rings is 1. The number of nitrogens with one attached hydrogen (secondary N) is 1. The molecule has 51 heavy (non-hydrogen) atoms. The van der Waals surface area contributed by atoms with Gasteiger partial charge >= 0.3 is 12.2 Å². The van der Waals surface area contributed by atoms with Gasteiger partial charge in [0, 0.05) is 43.0 Å². The minimum Gasteiger partial charge on any atom is -0.444 e. The molecule has 1 aliphatic rings. The van der Waals surface area contributed by atoms with Crippen LogP contribution in [-0.2, 0) is 9.47 Å². The fourth-order valence-electron chi connectivity index (χ4n) is 6.42. The van der Waals surface area contributed by atoms with E-state index in [4.69, 9.17) is 31.0 Å². The predicted octanol–water partition coefficient (Wildman–Crippen LogP) is 9.18. The van der Waals surface area contributed by atoms with E-state index in [2.05, 4.69) is 10.2 Å². The Morgan fingerprint density at radius 1 is 0.980 bits per heavy atom. The number of anilines is 1. The van der Waals surface area contributed by atoms with Crippen molar-refractivity contribution in [2.24, 2.45) is 0 Å². The van der Waals surface area contributed by atoms with Gasteiger partial charge in [-0.3, -0.25) is 0 Å². The number of hydrogen-bond donors (Lipinski definition) is 1. The van der Waals surface area contributed by atoms with Crippen molar-refractivity contribution in [1.82, 2.24) is 24.4 Å². The summed E-state index contributed by atoms with van der Waals surface area (Å²) in [5.41, 5.74) is 2.47. The zero-order valence-electron chi connectivity index (χ0n) is 30.1. The molecule has 1 N–H and O–H groups in total. The number of carbonyl (C=O) groups is 2. The number of ether oxygens (including phenoxy) is 2. The number of nitrogens with zero attached hydrogens (tertiary/aromatic N) is 5.